The largest absolute Gasteiger partial charge is 0.494 e. The molecule has 22 heavy (non-hydrogen) atoms. The molecule has 0 aliphatic carbocycles. The van der Waals surface area contributed by atoms with E-state index in [4.69, 9.17) is 9.47 Å². The van der Waals surface area contributed by atoms with Crippen molar-refractivity contribution in [1.29, 1.82) is 0 Å². The van der Waals surface area contributed by atoms with Gasteiger partial charge < -0.3 is 14.4 Å². The van der Waals surface area contributed by atoms with E-state index < -0.39 is 0 Å². The van der Waals surface area contributed by atoms with Gasteiger partial charge in [0, 0.05) is 26.7 Å². The summed E-state index contributed by atoms with van der Waals surface area (Å²) in [5.74, 6) is 1.03. The van der Waals surface area contributed by atoms with Gasteiger partial charge in [0.1, 0.15) is 5.75 Å². The smallest absolute Gasteiger partial charge is 0.236 e. The second-order valence-corrected chi connectivity index (χ2v) is 5.75. The molecule has 0 spiro atoms. The highest BCUT2D eigenvalue weighted by Gasteiger charge is 2.20. The molecule has 5 nitrogen and oxygen atoms in total. The van der Waals surface area contributed by atoms with Crippen molar-refractivity contribution in [3.8, 4) is 5.75 Å². The van der Waals surface area contributed by atoms with Gasteiger partial charge >= 0.3 is 0 Å². The molecule has 2 rings (SSSR count). The second-order valence-electron chi connectivity index (χ2n) is 5.75. The van der Waals surface area contributed by atoms with Crippen LogP contribution in [0.25, 0.3) is 0 Å². The third-order valence-electron chi connectivity index (χ3n) is 3.76. The minimum atomic E-state index is 0.161. The minimum absolute atomic E-state index is 0.161. The van der Waals surface area contributed by atoms with Gasteiger partial charge in [0.05, 0.1) is 25.9 Å². The zero-order valence-electron chi connectivity index (χ0n) is 13.5. The molecule has 1 heterocycles. The molecule has 1 aliphatic rings. The number of carbonyl (C=O) groups excluding carboxylic acids is 1. The van der Waals surface area contributed by atoms with Crippen molar-refractivity contribution >= 4 is 5.91 Å². The average Bonchev–Trinajstić information content (AvgIpc) is 2.52. The van der Waals surface area contributed by atoms with Gasteiger partial charge in [-0.25, -0.2) is 0 Å². The Morgan fingerprint density at radius 2 is 2.18 bits per heavy atom. The topological polar surface area (TPSA) is 42.0 Å². The summed E-state index contributed by atoms with van der Waals surface area (Å²) in [4.78, 5) is 16.1. The van der Waals surface area contributed by atoms with E-state index in [-0.39, 0.29) is 12.0 Å². The first-order valence-corrected chi connectivity index (χ1v) is 7.91. The van der Waals surface area contributed by atoms with Crippen LogP contribution in [-0.4, -0.2) is 68.3 Å². The van der Waals surface area contributed by atoms with Gasteiger partial charge in [-0.2, -0.15) is 0 Å². The Bertz CT molecular complexity index is 452. The molecule has 122 valence electrons. The molecule has 0 saturated carbocycles. The number of morpholine rings is 1. The number of hydrogen-bond donors (Lipinski definition) is 0. The molecule has 5 heteroatoms. The fraction of sp³-hybridized carbons (Fsp3) is 0.588. The summed E-state index contributed by atoms with van der Waals surface area (Å²) in [6.45, 7) is 6.23. The molecule has 1 atom stereocenters. The van der Waals surface area contributed by atoms with E-state index in [0.29, 0.717) is 26.3 Å². The van der Waals surface area contributed by atoms with Crippen LogP contribution in [0.4, 0.5) is 0 Å². The summed E-state index contributed by atoms with van der Waals surface area (Å²) in [5, 5.41) is 0. The molecule has 1 aromatic rings. The summed E-state index contributed by atoms with van der Waals surface area (Å²) >= 11 is 0. The number of benzene rings is 1. The van der Waals surface area contributed by atoms with Gasteiger partial charge in [0.15, 0.2) is 0 Å². The fourth-order valence-electron chi connectivity index (χ4n) is 2.48. The molecule has 1 unspecified atom stereocenters. The normalized spacial score (nSPS) is 18.9. The molecule has 0 aromatic heterocycles. The van der Waals surface area contributed by atoms with Crippen molar-refractivity contribution < 1.29 is 14.3 Å². The van der Waals surface area contributed by atoms with Crippen LogP contribution in [0.1, 0.15) is 13.3 Å². The zero-order valence-corrected chi connectivity index (χ0v) is 13.5. The summed E-state index contributed by atoms with van der Waals surface area (Å²) in [7, 11) is 1.86. The SMILES string of the molecule is CC1CN(CC(=O)N(C)CCCOc2ccccc2)CCO1. The number of para-hydroxylation sites is 1. The van der Waals surface area contributed by atoms with Crippen LogP contribution >= 0.6 is 0 Å². The number of amides is 1. The first-order valence-electron chi connectivity index (χ1n) is 7.91. The van der Waals surface area contributed by atoms with E-state index in [9.17, 15) is 4.79 Å². The first kappa shape index (κ1) is 16.8. The summed E-state index contributed by atoms with van der Waals surface area (Å²) in [6.07, 6.45) is 1.04. The van der Waals surface area contributed by atoms with Crippen molar-refractivity contribution in [2.75, 3.05) is 46.4 Å². The maximum absolute atomic E-state index is 12.2. The maximum atomic E-state index is 12.2. The predicted molar refractivity (Wildman–Crippen MR) is 86.0 cm³/mol. The number of rotatable bonds is 7. The Hall–Kier alpha value is -1.59. The predicted octanol–water partition coefficient (Wildman–Crippen LogP) is 1.63. The minimum Gasteiger partial charge on any atom is -0.494 e. The van der Waals surface area contributed by atoms with Crippen molar-refractivity contribution in [3.63, 3.8) is 0 Å². The van der Waals surface area contributed by atoms with E-state index in [2.05, 4.69) is 4.90 Å². The highest BCUT2D eigenvalue weighted by atomic mass is 16.5. The fourth-order valence-corrected chi connectivity index (χ4v) is 2.48. The molecule has 1 aliphatic heterocycles. The van der Waals surface area contributed by atoms with Gasteiger partial charge in [0.25, 0.3) is 0 Å². The second kappa shape index (κ2) is 8.76. The quantitative estimate of drug-likeness (QED) is 0.718. The van der Waals surface area contributed by atoms with Crippen LogP contribution < -0.4 is 4.74 Å². The van der Waals surface area contributed by atoms with Gasteiger partial charge in [-0.1, -0.05) is 18.2 Å². The Labute approximate surface area is 132 Å². The van der Waals surface area contributed by atoms with E-state index in [0.717, 1.165) is 25.3 Å². The molecule has 1 aromatic carbocycles. The molecule has 0 radical (unpaired) electrons. The van der Waals surface area contributed by atoms with Crippen LogP contribution in [0.3, 0.4) is 0 Å². The number of hydrogen-bond acceptors (Lipinski definition) is 4. The Kier molecular flexibility index (Phi) is 6.68. The summed E-state index contributed by atoms with van der Waals surface area (Å²) in [6, 6.07) is 9.75. The van der Waals surface area contributed by atoms with Crippen LogP contribution in [-0.2, 0) is 9.53 Å². The lowest BCUT2D eigenvalue weighted by Crippen LogP contribution is -2.46. The van der Waals surface area contributed by atoms with Crippen molar-refractivity contribution in [2.24, 2.45) is 0 Å². The monoisotopic (exact) mass is 306 g/mol. The Morgan fingerprint density at radius 1 is 1.41 bits per heavy atom. The van der Waals surface area contributed by atoms with Gasteiger partial charge in [-0.15, -0.1) is 0 Å². The van der Waals surface area contributed by atoms with Crippen molar-refractivity contribution in [3.05, 3.63) is 30.3 Å². The number of nitrogens with zero attached hydrogens (tertiary/aromatic N) is 2. The molecule has 1 saturated heterocycles. The van der Waals surface area contributed by atoms with Gasteiger partial charge in [-0.3, -0.25) is 9.69 Å². The van der Waals surface area contributed by atoms with Gasteiger partial charge in [-0.05, 0) is 25.5 Å². The molecule has 1 fully saturated rings. The molecule has 1 amide bonds. The molecule has 0 N–H and O–H groups in total. The summed E-state index contributed by atoms with van der Waals surface area (Å²) < 4.78 is 11.1. The third kappa shape index (κ3) is 5.66. The lowest BCUT2D eigenvalue weighted by atomic mass is 10.3. The average molecular weight is 306 g/mol. The lowest BCUT2D eigenvalue weighted by Gasteiger charge is -2.31. The Morgan fingerprint density at radius 3 is 2.91 bits per heavy atom. The van der Waals surface area contributed by atoms with Crippen molar-refractivity contribution in [2.45, 2.75) is 19.4 Å². The molecular weight excluding hydrogens is 280 g/mol. The maximum Gasteiger partial charge on any atom is 0.236 e. The standard InChI is InChI=1S/C17H26N2O3/c1-15-13-19(10-12-21-15)14-17(20)18(2)9-6-11-22-16-7-4-3-5-8-16/h3-5,7-8,15H,6,9-14H2,1-2H3. The highest BCUT2D eigenvalue weighted by Crippen LogP contribution is 2.08. The molecule has 0 bridgehead atoms. The van der Waals surface area contributed by atoms with Crippen LogP contribution in [0.15, 0.2) is 30.3 Å². The van der Waals surface area contributed by atoms with Crippen molar-refractivity contribution in [1.82, 2.24) is 9.80 Å². The number of likely N-dealkylation sites (N-methyl/N-ethyl adjacent to an activating group) is 1. The first-order chi connectivity index (χ1) is 10.6. The van der Waals surface area contributed by atoms with E-state index in [1.165, 1.54) is 0 Å². The van der Waals surface area contributed by atoms with Crippen LogP contribution in [0.2, 0.25) is 0 Å². The zero-order chi connectivity index (χ0) is 15.8. The third-order valence-corrected chi connectivity index (χ3v) is 3.76. The van der Waals surface area contributed by atoms with Crippen LogP contribution in [0.5, 0.6) is 5.75 Å². The van der Waals surface area contributed by atoms with Crippen LogP contribution in [0, 0.1) is 0 Å². The van der Waals surface area contributed by atoms with E-state index in [1.54, 1.807) is 4.90 Å². The highest BCUT2D eigenvalue weighted by molar-refractivity contribution is 5.77. The van der Waals surface area contributed by atoms with E-state index >= 15 is 0 Å². The molecular formula is C17H26N2O3. The Balaban J connectivity index is 1.61. The number of ether oxygens (including phenoxy) is 2. The number of carbonyl (C=O) groups is 1. The summed E-state index contributed by atoms with van der Waals surface area (Å²) in [5.41, 5.74) is 0. The van der Waals surface area contributed by atoms with E-state index in [1.807, 2.05) is 44.3 Å². The lowest BCUT2D eigenvalue weighted by molar-refractivity contribution is -0.133. The van der Waals surface area contributed by atoms with Gasteiger partial charge in [0.2, 0.25) is 5.91 Å².